The number of aryl methyl sites for hydroxylation is 1. The van der Waals surface area contributed by atoms with Crippen LogP contribution in [0.15, 0.2) is 30.5 Å². The van der Waals surface area contributed by atoms with E-state index in [-0.39, 0.29) is 11.1 Å². The molecular formula is C22H38N3O3Si+. The minimum absolute atomic E-state index is 0.0841. The topological polar surface area (TPSA) is 56.4 Å². The second-order valence-corrected chi connectivity index (χ2v) is 15.0. The molecule has 0 saturated carbocycles. The van der Waals surface area contributed by atoms with Crippen molar-refractivity contribution in [3.05, 3.63) is 30.5 Å². The van der Waals surface area contributed by atoms with E-state index in [2.05, 4.69) is 66.9 Å². The molecule has 162 valence electrons. The smallest absolute Gasteiger partial charge is 0.407 e. The van der Waals surface area contributed by atoms with Crippen molar-refractivity contribution in [2.75, 3.05) is 6.54 Å². The molecule has 29 heavy (non-hydrogen) atoms. The summed E-state index contributed by atoms with van der Waals surface area (Å²) in [6, 6.07) is 8.30. The van der Waals surface area contributed by atoms with Crippen LogP contribution in [-0.2, 0) is 22.8 Å². The fourth-order valence-corrected chi connectivity index (χ4v) is 4.25. The molecule has 0 saturated heterocycles. The van der Waals surface area contributed by atoms with Gasteiger partial charge in [0.25, 0.3) is 0 Å². The number of nitrogens with zero attached hydrogens (tertiary/aromatic N) is 2. The Kier molecular flexibility index (Phi) is 6.85. The van der Waals surface area contributed by atoms with Gasteiger partial charge in [-0.15, -0.1) is 4.68 Å². The number of aromatic nitrogens is 2. The van der Waals surface area contributed by atoms with Crippen LogP contribution in [0.5, 0.6) is 0 Å². The summed E-state index contributed by atoms with van der Waals surface area (Å²) in [5.74, 6) is 0. The Hall–Kier alpha value is -1.86. The van der Waals surface area contributed by atoms with Gasteiger partial charge in [-0.05, 0) is 51.0 Å². The second kappa shape index (κ2) is 8.48. The number of alkyl carbamates (subject to hydrolysis) is 1. The normalized spacial score (nSPS) is 14.1. The molecule has 2 rings (SSSR count). The molecular weight excluding hydrogens is 382 g/mol. The minimum Gasteiger partial charge on any atom is -0.444 e. The van der Waals surface area contributed by atoms with E-state index in [9.17, 15) is 4.79 Å². The number of hydrogen-bond donors (Lipinski definition) is 1. The highest BCUT2D eigenvalue weighted by atomic mass is 28.4. The van der Waals surface area contributed by atoms with Crippen molar-refractivity contribution in [1.82, 2.24) is 10.00 Å². The molecule has 1 aromatic carbocycles. The van der Waals surface area contributed by atoms with E-state index < -0.39 is 20.0 Å². The molecule has 0 bridgehead atoms. The molecule has 0 aliphatic heterocycles. The number of benzene rings is 1. The first-order valence-electron chi connectivity index (χ1n) is 10.3. The Morgan fingerprint density at radius 3 is 2.34 bits per heavy atom. The molecule has 0 aliphatic rings. The van der Waals surface area contributed by atoms with Crippen molar-refractivity contribution in [3.8, 4) is 0 Å². The summed E-state index contributed by atoms with van der Waals surface area (Å²) in [6.07, 6.45) is 1.56. The average molecular weight is 421 g/mol. The van der Waals surface area contributed by atoms with Gasteiger partial charge in [-0.2, -0.15) is 4.68 Å². The van der Waals surface area contributed by atoms with Gasteiger partial charge in [0, 0.05) is 0 Å². The van der Waals surface area contributed by atoms with Crippen molar-refractivity contribution in [1.29, 1.82) is 0 Å². The Labute approximate surface area is 176 Å². The summed E-state index contributed by atoms with van der Waals surface area (Å²) >= 11 is 0. The summed E-state index contributed by atoms with van der Waals surface area (Å²) in [7, 11) is 0.0368. The monoisotopic (exact) mass is 420 g/mol. The van der Waals surface area contributed by atoms with E-state index >= 15 is 0 Å². The largest absolute Gasteiger partial charge is 0.444 e. The van der Waals surface area contributed by atoms with Gasteiger partial charge >= 0.3 is 6.09 Å². The molecule has 0 fully saturated rings. The van der Waals surface area contributed by atoms with E-state index in [1.165, 1.54) is 10.9 Å². The Morgan fingerprint density at radius 1 is 1.17 bits per heavy atom. The molecule has 6 nitrogen and oxygen atoms in total. The lowest BCUT2D eigenvalue weighted by molar-refractivity contribution is -0.775. The molecule has 0 radical (unpaired) electrons. The highest BCUT2D eigenvalue weighted by Gasteiger charge is 2.40. The lowest BCUT2D eigenvalue weighted by Gasteiger charge is -2.38. The predicted molar refractivity (Wildman–Crippen MR) is 119 cm³/mol. The lowest BCUT2D eigenvalue weighted by atomic mass is 10.2. The van der Waals surface area contributed by atoms with E-state index in [1.807, 2.05) is 40.0 Å². The van der Waals surface area contributed by atoms with Gasteiger partial charge in [0.15, 0.2) is 14.9 Å². The van der Waals surface area contributed by atoms with Gasteiger partial charge in [0.05, 0.1) is 19.0 Å². The first-order chi connectivity index (χ1) is 13.2. The van der Waals surface area contributed by atoms with Crippen LogP contribution < -0.4 is 10.00 Å². The molecule has 7 heteroatoms. The Morgan fingerprint density at radius 2 is 1.79 bits per heavy atom. The highest BCUT2D eigenvalue weighted by Crippen LogP contribution is 2.37. The van der Waals surface area contributed by atoms with Crippen LogP contribution in [0.1, 0.15) is 41.5 Å². The van der Waals surface area contributed by atoms with Gasteiger partial charge in [-0.3, -0.25) is 0 Å². The fourth-order valence-electron chi connectivity index (χ4n) is 2.91. The fraction of sp³-hybridized carbons (Fsp3) is 0.636. The number of carbonyl (C=O) groups is 1. The Bertz CT molecular complexity index is 847. The van der Waals surface area contributed by atoms with Gasteiger partial charge < -0.3 is 14.5 Å². The third-order valence-corrected chi connectivity index (χ3v) is 10.0. The first-order valence-corrected chi connectivity index (χ1v) is 13.2. The standard InChI is InChI=1S/C22H37N3O3Si/c1-21(2,3)27-20(26)23-14-18(28-29(8,9)22(4,5)6)16-25-15-17-12-10-11-13-19(17)24(25)7/h10-13,15,18H,14,16H2,1-9H3/p+1/t18-/m1/s1. The number of nitrogens with one attached hydrogen (secondary N) is 1. The maximum atomic E-state index is 12.2. The number of fused-ring (bicyclic) bond motifs is 1. The van der Waals surface area contributed by atoms with E-state index in [4.69, 9.17) is 9.16 Å². The van der Waals surface area contributed by atoms with Crippen LogP contribution >= 0.6 is 0 Å². The third kappa shape index (κ3) is 6.31. The van der Waals surface area contributed by atoms with Crippen molar-refractivity contribution in [2.45, 2.75) is 77.9 Å². The summed E-state index contributed by atoms with van der Waals surface area (Å²) < 4.78 is 16.4. The molecule has 1 aromatic heterocycles. The van der Waals surface area contributed by atoms with Crippen LogP contribution in [0, 0.1) is 0 Å². The number of para-hydroxylation sites is 1. The van der Waals surface area contributed by atoms with Gasteiger partial charge in [-0.1, -0.05) is 32.9 Å². The molecule has 0 spiro atoms. The molecule has 1 atom stereocenters. The third-order valence-electron chi connectivity index (χ3n) is 5.49. The van der Waals surface area contributed by atoms with Gasteiger partial charge in [-0.25, -0.2) is 4.79 Å². The zero-order chi connectivity index (χ0) is 22.0. The van der Waals surface area contributed by atoms with Crippen molar-refractivity contribution in [2.24, 2.45) is 7.05 Å². The molecule has 0 aliphatic carbocycles. The number of carbonyl (C=O) groups excluding carboxylic acids is 1. The number of hydrogen-bond acceptors (Lipinski definition) is 3. The van der Waals surface area contributed by atoms with Gasteiger partial charge in [0.1, 0.15) is 17.2 Å². The average Bonchev–Trinajstić information content (AvgIpc) is 2.86. The van der Waals surface area contributed by atoms with E-state index in [1.54, 1.807) is 0 Å². The summed E-state index contributed by atoms with van der Waals surface area (Å²) in [5.41, 5.74) is 0.642. The van der Waals surface area contributed by atoms with Crippen molar-refractivity contribution >= 4 is 25.3 Å². The zero-order valence-electron chi connectivity index (χ0n) is 19.5. The minimum atomic E-state index is -2.01. The van der Waals surface area contributed by atoms with Crippen molar-refractivity contribution in [3.63, 3.8) is 0 Å². The lowest BCUT2D eigenvalue weighted by Crippen LogP contribution is -2.54. The SMILES string of the molecule is Cn1c2ccccc2c[n+]1C[C@@H](CNC(=O)OC(C)(C)C)O[Si](C)(C)C(C)(C)C. The summed E-state index contributed by atoms with van der Waals surface area (Å²) in [4.78, 5) is 12.2. The van der Waals surface area contributed by atoms with E-state index in [0.717, 1.165) is 0 Å². The number of rotatable bonds is 6. The molecule has 1 amide bonds. The predicted octanol–water partition coefficient (Wildman–Crippen LogP) is 4.38. The summed E-state index contributed by atoms with van der Waals surface area (Å²) in [6.45, 7) is 17.8. The van der Waals surface area contributed by atoms with E-state index in [0.29, 0.717) is 13.1 Å². The maximum absolute atomic E-state index is 12.2. The molecule has 1 heterocycles. The molecule has 1 N–H and O–H groups in total. The van der Waals surface area contributed by atoms with Crippen LogP contribution in [0.3, 0.4) is 0 Å². The number of amides is 1. The second-order valence-electron chi connectivity index (χ2n) is 10.2. The first kappa shape index (κ1) is 23.4. The van der Waals surface area contributed by atoms with Crippen LogP contribution in [0.2, 0.25) is 18.1 Å². The number of ether oxygens (including phenoxy) is 1. The Balaban J connectivity index is 2.21. The summed E-state index contributed by atoms with van der Waals surface area (Å²) in [5, 5.41) is 4.17. The van der Waals surface area contributed by atoms with Crippen molar-refractivity contribution < 1.29 is 18.6 Å². The zero-order valence-corrected chi connectivity index (χ0v) is 20.5. The van der Waals surface area contributed by atoms with Crippen LogP contribution in [0.25, 0.3) is 10.9 Å². The molecule has 0 unspecified atom stereocenters. The van der Waals surface area contributed by atoms with Crippen LogP contribution in [0.4, 0.5) is 4.79 Å². The maximum Gasteiger partial charge on any atom is 0.407 e. The quantitative estimate of drug-likeness (QED) is 0.557. The van der Waals surface area contributed by atoms with Crippen LogP contribution in [-0.4, -0.2) is 37.3 Å². The highest BCUT2D eigenvalue weighted by molar-refractivity contribution is 6.74. The van der Waals surface area contributed by atoms with Gasteiger partial charge in [0.2, 0.25) is 6.20 Å². The molecule has 2 aromatic rings.